The van der Waals surface area contributed by atoms with Gasteiger partial charge in [0.05, 0.1) is 16.4 Å². The van der Waals surface area contributed by atoms with Crippen LogP contribution in [0, 0.1) is 5.41 Å². The van der Waals surface area contributed by atoms with Crippen LogP contribution in [0.4, 0.5) is 5.69 Å². The molecule has 9 nitrogen and oxygen atoms in total. The van der Waals surface area contributed by atoms with E-state index in [1.165, 1.54) is 5.56 Å². The molecule has 1 atom stereocenters. The lowest BCUT2D eigenvalue weighted by Gasteiger charge is -2.33. The summed E-state index contributed by atoms with van der Waals surface area (Å²) in [5.74, 6) is -0.175. The third kappa shape index (κ3) is 6.56. The number of benzene rings is 4. The van der Waals surface area contributed by atoms with Crippen LogP contribution < -0.4 is 26.5 Å². The van der Waals surface area contributed by atoms with Crippen molar-refractivity contribution in [2.45, 2.75) is 45.4 Å². The highest BCUT2D eigenvalue weighted by Crippen LogP contribution is 2.31. The van der Waals surface area contributed by atoms with Crippen molar-refractivity contribution in [1.29, 1.82) is 0 Å². The van der Waals surface area contributed by atoms with Gasteiger partial charge < -0.3 is 20.3 Å². The summed E-state index contributed by atoms with van der Waals surface area (Å²) in [7, 11) is 0. The highest BCUT2D eigenvalue weighted by atomic mass is 16.3. The molecule has 0 radical (unpaired) electrons. The van der Waals surface area contributed by atoms with Crippen LogP contribution in [0.5, 0.6) is 0 Å². The van der Waals surface area contributed by atoms with Crippen LogP contribution in [0.15, 0.2) is 107 Å². The number of nitrogens with zero attached hydrogens (tertiary/aromatic N) is 4. The highest BCUT2D eigenvalue weighted by molar-refractivity contribution is 5.94. The summed E-state index contributed by atoms with van der Waals surface area (Å²) in [6.45, 7) is 6.90. The van der Waals surface area contributed by atoms with Gasteiger partial charge in [-0.2, -0.15) is 0 Å². The number of hydrogen-bond donors (Lipinski definition) is 3. The maximum atomic E-state index is 13.0. The molecule has 9 heteroatoms. The Morgan fingerprint density at radius 2 is 1.69 bits per heavy atom. The van der Waals surface area contributed by atoms with Crippen LogP contribution in [-0.4, -0.2) is 51.7 Å². The van der Waals surface area contributed by atoms with E-state index in [-0.39, 0.29) is 30.4 Å². The first-order chi connectivity index (χ1) is 23.3. The lowest BCUT2D eigenvalue weighted by molar-refractivity contribution is 0.0911. The molecular formula is C39H42N6O3. The Balaban J connectivity index is 1.08. The molecule has 0 saturated carbocycles. The van der Waals surface area contributed by atoms with E-state index in [2.05, 4.69) is 62.7 Å². The molecular weight excluding hydrogens is 600 g/mol. The summed E-state index contributed by atoms with van der Waals surface area (Å²) < 4.78 is 1.94. The first-order valence-corrected chi connectivity index (χ1v) is 16.7. The topological polar surface area (TPSA) is 106 Å². The number of anilines is 1. The standard InChI is InChI=1S/C39H42N6O3/c1-39(2,26-46)25-40-37(47)29-14-17-33-30(22-29)24-44(36(41-33)28-8-4-3-5-9-28)31-15-12-27(13-16-31)23-43-20-18-32(19-21-43)45-35-11-7-6-10-34(35)42-38(45)48/h3-17,22,24,32,36,46H,18-21,23,25-26H2,1-2H3,(H,40,47)(H,42,48). The maximum Gasteiger partial charge on any atom is 0.326 e. The quantitative estimate of drug-likeness (QED) is 0.220. The number of aliphatic hydroxyl groups is 1. The maximum absolute atomic E-state index is 13.0. The number of para-hydroxylation sites is 2. The zero-order valence-electron chi connectivity index (χ0n) is 27.5. The number of rotatable bonds is 9. The number of imidazole rings is 1. The zero-order valence-corrected chi connectivity index (χ0v) is 27.5. The number of amides is 1. The Kier molecular flexibility index (Phi) is 8.73. The SMILES string of the molecule is CC(C)(CO)CNC(=O)c1ccc2c(c1)=CN(c1ccc(CN3CCC(n4c(=O)[nH]c5ccccc54)CC3)cc1)C(c1ccccc1)N=2. The van der Waals surface area contributed by atoms with Crippen molar-refractivity contribution < 1.29 is 9.90 Å². The van der Waals surface area contributed by atoms with Gasteiger partial charge in [0.15, 0.2) is 6.17 Å². The Morgan fingerprint density at radius 3 is 2.44 bits per heavy atom. The summed E-state index contributed by atoms with van der Waals surface area (Å²) in [6, 6.07) is 32.6. The lowest BCUT2D eigenvalue weighted by Crippen LogP contribution is -2.40. The summed E-state index contributed by atoms with van der Waals surface area (Å²) in [5, 5.41) is 14.2. The van der Waals surface area contributed by atoms with Gasteiger partial charge in [-0.25, -0.2) is 4.79 Å². The van der Waals surface area contributed by atoms with Crippen LogP contribution in [0.1, 0.15) is 60.4 Å². The van der Waals surface area contributed by atoms with Crippen LogP contribution in [0.25, 0.3) is 17.2 Å². The van der Waals surface area contributed by atoms with Crippen LogP contribution in [0.2, 0.25) is 0 Å². The molecule has 0 spiro atoms. The summed E-state index contributed by atoms with van der Waals surface area (Å²) >= 11 is 0. The molecule has 5 aromatic rings. The second kappa shape index (κ2) is 13.3. The number of aliphatic hydroxyl groups excluding tert-OH is 1. The molecule has 2 aliphatic heterocycles. The Labute approximate surface area is 279 Å². The molecule has 1 fully saturated rings. The minimum absolute atomic E-state index is 0.00841. The second-order valence-electron chi connectivity index (χ2n) is 13.7. The number of carbonyl (C=O) groups is 1. The Bertz CT molecular complexity index is 2090. The summed E-state index contributed by atoms with van der Waals surface area (Å²) in [4.78, 5) is 38.5. The second-order valence-corrected chi connectivity index (χ2v) is 13.7. The van der Waals surface area contributed by atoms with Crippen molar-refractivity contribution in [1.82, 2.24) is 19.8 Å². The van der Waals surface area contributed by atoms with E-state index >= 15 is 0 Å². The number of aromatic amines is 1. The number of likely N-dealkylation sites (tertiary alicyclic amines) is 1. The smallest absolute Gasteiger partial charge is 0.326 e. The molecule has 1 amide bonds. The van der Waals surface area contributed by atoms with E-state index in [0.29, 0.717) is 12.1 Å². The molecule has 0 aliphatic carbocycles. The first kappa shape index (κ1) is 31.6. The van der Waals surface area contributed by atoms with Gasteiger partial charge in [0.2, 0.25) is 0 Å². The van der Waals surface area contributed by atoms with E-state index in [1.54, 1.807) is 0 Å². The van der Waals surface area contributed by atoms with Crippen molar-refractivity contribution in [2.24, 2.45) is 10.4 Å². The third-order valence-electron chi connectivity index (χ3n) is 9.53. The highest BCUT2D eigenvalue weighted by Gasteiger charge is 2.25. The van der Waals surface area contributed by atoms with Crippen molar-refractivity contribution in [2.75, 3.05) is 31.1 Å². The first-order valence-electron chi connectivity index (χ1n) is 16.7. The van der Waals surface area contributed by atoms with Gasteiger partial charge >= 0.3 is 5.69 Å². The average molecular weight is 643 g/mol. The van der Waals surface area contributed by atoms with Crippen LogP contribution in [0.3, 0.4) is 0 Å². The molecule has 48 heavy (non-hydrogen) atoms. The van der Waals surface area contributed by atoms with Crippen LogP contribution >= 0.6 is 0 Å². The number of hydrogen-bond acceptors (Lipinski definition) is 6. The van der Waals surface area contributed by atoms with Gasteiger partial charge in [-0.1, -0.05) is 68.4 Å². The normalized spacial score (nSPS) is 17.1. The van der Waals surface area contributed by atoms with Gasteiger partial charge in [0.25, 0.3) is 5.91 Å². The molecule has 246 valence electrons. The molecule has 1 unspecified atom stereocenters. The number of carbonyl (C=O) groups excluding carboxylic acids is 1. The van der Waals surface area contributed by atoms with Crippen molar-refractivity contribution in [3.63, 3.8) is 0 Å². The fraction of sp³-hybridized carbons (Fsp3) is 0.308. The average Bonchev–Trinajstić information content (AvgIpc) is 3.46. The third-order valence-corrected chi connectivity index (χ3v) is 9.53. The largest absolute Gasteiger partial charge is 0.396 e. The van der Waals surface area contributed by atoms with Gasteiger partial charge in [-0.3, -0.25) is 19.3 Å². The Hall–Kier alpha value is -4.99. The van der Waals surface area contributed by atoms with Crippen molar-refractivity contribution in [3.8, 4) is 0 Å². The van der Waals surface area contributed by atoms with Gasteiger partial charge in [0.1, 0.15) is 0 Å². The van der Waals surface area contributed by atoms with Gasteiger partial charge in [-0.05, 0) is 66.4 Å². The number of piperidine rings is 1. The minimum atomic E-state index is -0.397. The number of nitrogens with one attached hydrogen (secondary N) is 2. The molecule has 3 N–H and O–H groups in total. The summed E-state index contributed by atoms with van der Waals surface area (Å²) in [6.07, 6.45) is 3.70. The number of H-pyrrole nitrogens is 1. The van der Waals surface area contributed by atoms with E-state index in [0.717, 1.165) is 65.3 Å². The van der Waals surface area contributed by atoms with E-state index in [1.807, 2.05) is 79.1 Å². The van der Waals surface area contributed by atoms with Crippen LogP contribution in [-0.2, 0) is 6.54 Å². The van der Waals surface area contributed by atoms with Crippen molar-refractivity contribution >= 4 is 28.8 Å². The molecule has 1 aromatic heterocycles. The zero-order chi connectivity index (χ0) is 33.3. The number of fused-ring (bicyclic) bond motifs is 2. The van der Waals surface area contributed by atoms with Crippen molar-refractivity contribution in [3.05, 3.63) is 135 Å². The van der Waals surface area contributed by atoms with Gasteiger partial charge in [0, 0.05) is 66.9 Å². The monoisotopic (exact) mass is 642 g/mol. The Morgan fingerprint density at radius 1 is 0.958 bits per heavy atom. The predicted octanol–water partition coefficient (Wildman–Crippen LogP) is 4.49. The molecule has 3 heterocycles. The molecule has 4 aromatic carbocycles. The van der Waals surface area contributed by atoms with E-state index in [4.69, 9.17) is 4.99 Å². The summed E-state index contributed by atoms with van der Waals surface area (Å²) in [5.41, 5.74) is 5.34. The molecule has 7 rings (SSSR count). The fourth-order valence-corrected chi connectivity index (χ4v) is 6.69. The molecule has 2 aliphatic rings. The molecule has 1 saturated heterocycles. The minimum Gasteiger partial charge on any atom is -0.396 e. The lowest BCUT2D eigenvalue weighted by atomic mass is 9.95. The molecule has 0 bridgehead atoms. The van der Waals surface area contributed by atoms with E-state index < -0.39 is 5.41 Å². The number of aromatic nitrogens is 2. The van der Waals surface area contributed by atoms with Gasteiger partial charge in [-0.15, -0.1) is 0 Å². The fourth-order valence-electron chi connectivity index (χ4n) is 6.69. The van der Waals surface area contributed by atoms with E-state index in [9.17, 15) is 14.7 Å². The predicted molar refractivity (Wildman–Crippen MR) is 189 cm³/mol.